The fourth-order valence-electron chi connectivity index (χ4n) is 3.85. The van der Waals surface area contributed by atoms with Gasteiger partial charge >= 0.3 is 0 Å². The minimum Gasteiger partial charge on any atom is -0.359 e. The molecule has 0 unspecified atom stereocenters. The average Bonchev–Trinajstić information content (AvgIpc) is 2.81. The highest BCUT2D eigenvalue weighted by Crippen LogP contribution is 2.29. The fourth-order valence-corrected chi connectivity index (χ4v) is 4.04. The molecule has 3 aromatic rings. The zero-order chi connectivity index (χ0) is 21.8. The van der Waals surface area contributed by atoms with Gasteiger partial charge in [0, 0.05) is 24.6 Å². The summed E-state index contributed by atoms with van der Waals surface area (Å²) in [6.07, 6.45) is 4.97. The van der Waals surface area contributed by atoms with Crippen LogP contribution >= 0.6 is 11.6 Å². The van der Waals surface area contributed by atoms with Gasteiger partial charge in [-0.15, -0.1) is 0 Å². The topological polar surface area (TPSA) is 79.8 Å². The Morgan fingerprint density at radius 3 is 2.45 bits per heavy atom. The van der Waals surface area contributed by atoms with Crippen LogP contribution in [0.2, 0.25) is 5.02 Å². The second kappa shape index (κ2) is 9.39. The molecule has 1 aromatic carbocycles. The molecule has 2 heterocycles. The minimum absolute atomic E-state index is 0.0724. The lowest BCUT2D eigenvalue weighted by atomic mass is 9.85. The molecule has 0 bridgehead atoms. The van der Waals surface area contributed by atoms with Crippen molar-refractivity contribution >= 4 is 23.5 Å². The lowest BCUT2D eigenvalue weighted by molar-refractivity contribution is -0.125. The molecule has 31 heavy (non-hydrogen) atoms. The number of aromatic nitrogens is 3. The Morgan fingerprint density at radius 1 is 1.03 bits per heavy atom. The van der Waals surface area contributed by atoms with E-state index in [0.717, 1.165) is 31.2 Å². The zero-order valence-electron chi connectivity index (χ0n) is 17.1. The quantitative estimate of drug-likeness (QED) is 0.601. The third-order valence-electron chi connectivity index (χ3n) is 5.55. The number of halogens is 2. The van der Waals surface area contributed by atoms with Crippen LogP contribution in [0.4, 0.5) is 10.3 Å². The molecule has 0 aliphatic heterocycles. The maximum Gasteiger partial charge on any atom is 0.223 e. The number of carbonyl (C=O) groups is 1. The molecular weight excluding hydrogens is 417 g/mol. The maximum atomic E-state index is 13.2. The van der Waals surface area contributed by atoms with Crippen LogP contribution < -0.4 is 10.6 Å². The van der Waals surface area contributed by atoms with E-state index in [9.17, 15) is 9.18 Å². The standard InChI is InChI=1S/C23H23ClFN5O/c1-26-22(31)15-7-11-17(12-8-15)28-23-27-13-18(24)21(30-23)20-4-2-3-19(29-20)14-5-9-16(25)10-6-14/h2-6,9-10,13,15,17H,7-8,11-12H2,1H3,(H,26,31)(H,27,28,30)/t15-,17-. The Kier molecular flexibility index (Phi) is 6.42. The number of amides is 1. The molecular formula is C23H23ClFN5O. The number of nitrogens with one attached hydrogen (secondary N) is 2. The van der Waals surface area contributed by atoms with E-state index in [4.69, 9.17) is 11.6 Å². The number of nitrogens with zero attached hydrogens (tertiary/aromatic N) is 3. The van der Waals surface area contributed by atoms with Crippen molar-refractivity contribution in [3.63, 3.8) is 0 Å². The smallest absolute Gasteiger partial charge is 0.223 e. The summed E-state index contributed by atoms with van der Waals surface area (Å²) in [4.78, 5) is 25.4. The Morgan fingerprint density at radius 2 is 1.74 bits per heavy atom. The number of rotatable bonds is 5. The summed E-state index contributed by atoms with van der Waals surface area (Å²) in [5.74, 6) is 0.370. The first-order valence-corrected chi connectivity index (χ1v) is 10.7. The van der Waals surface area contributed by atoms with E-state index in [0.29, 0.717) is 28.1 Å². The van der Waals surface area contributed by atoms with Gasteiger partial charge in [0.05, 0.1) is 22.6 Å². The largest absolute Gasteiger partial charge is 0.359 e. The summed E-state index contributed by atoms with van der Waals surface area (Å²) in [7, 11) is 1.68. The second-order valence-electron chi connectivity index (χ2n) is 7.61. The van der Waals surface area contributed by atoms with Crippen LogP contribution in [0.15, 0.2) is 48.7 Å². The second-order valence-corrected chi connectivity index (χ2v) is 8.02. The molecule has 160 valence electrons. The summed E-state index contributed by atoms with van der Waals surface area (Å²) in [5.41, 5.74) is 2.65. The summed E-state index contributed by atoms with van der Waals surface area (Å²) in [5, 5.41) is 6.49. The molecule has 1 saturated carbocycles. The van der Waals surface area contributed by atoms with Gasteiger partial charge in [-0.3, -0.25) is 4.79 Å². The van der Waals surface area contributed by atoms with Crippen LogP contribution in [0.3, 0.4) is 0 Å². The Bertz CT molecular complexity index is 1070. The number of hydrogen-bond donors (Lipinski definition) is 2. The van der Waals surface area contributed by atoms with Gasteiger partial charge in [-0.05, 0) is 62.1 Å². The number of carbonyl (C=O) groups excluding carboxylic acids is 1. The molecule has 0 radical (unpaired) electrons. The van der Waals surface area contributed by atoms with E-state index < -0.39 is 0 Å². The van der Waals surface area contributed by atoms with E-state index in [1.165, 1.54) is 12.1 Å². The third kappa shape index (κ3) is 4.99. The van der Waals surface area contributed by atoms with Crippen molar-refractivity contribution < 1.29 is 9.18 Å². The number of hydrogen-bond acceptors (Lipinski definition) is 5. The van der Waals surface area contributed by atoms with E-state index in [2.05, 4.69) is 25.6 Å². The molecule has 0 saturated heterocycles. The highest BCUT2D eigenvalue weighted by atomic mass is 35.5. The molecule has 1 aliphatic rings. The zero-order valence-corrected chi connectivity index (χ0v) is 17.9. The summed E-state index contributed by atoms with van der Waals surface area (Å²) in [6, 6.07) is 11.9. The summed E-state index contributed by atoms with van der Waals surface area (Å²) in [6.45, 7) is 0. The molecule has 0 atom stereocenters. The van der Waals surface area contributed by atoms with E-state index >= 15 is 0 Å². The summed E-state index contributed by atoms with van der Waals surface area (Å²) >= 11 is 6.38. The van der Waals surface area contributed by atoms with E-state index in [1.54, 1.807) is 25.4 Å². The van der Waals surface area contributed by atoms with Crippen molar-refractivity contribution in [2.75, 3.05) is 12.4 Å². The summed E-state index contributed by atoms with van der Waals surface area (Å²) < 4.78 is 13.2. The monoisotopic (exact) mass is 439 g/mol. The van der Waals surface area contributed by atoms with Crippen LogP contribution in [0, 0.1) is 11.7 Å². The average molecular weight is 440 g/mol. The lowest BCUT2D eigenvalue weighted by Gasteiger charge is -2.28. The van der Waals surface area contributed by atoms with Gasteiger partial charge in [-0.1, -0.05) is 17.7 Å². The van der Waals surface area contributed by atoms with Crippen LogP contribution in [0.1, 0.15) is 25.7 Å². The Balaban J connectivity index is 1.52. The first-order chi connectivity index (χ1) is 15.0. The van der Waals surface area contributed by atoms with Gasteiger partial charge < -0.3 is 10.6 Å². The van der Waals surface area contributed by atoms with Gasteiger partial charge in [-0.25, -0.2) is 19.3 Å². The van der Waals surface area contributed by atoms with Crippen LogP contribution in [-0.4, -0.2) is 33.9 Å². The molecule has 6 nitrogen and oxygen atoms in total. The van der Waals surface area contributed by atoms with Crippen molar-refractivity contribution in [1.29, 1.82) is 0 Å². The normalized spacial score (nSPS) is 18.4. The van der Waals surface area contributed by atoms with Gasteiger partial charge in [0.2, 0.25) is 11.9 Å². The predicted molar refractivity (Wildman–Crippen MR) is 119 cm³/mol. The van der Waals surface area contributed by atoms with Gasteiger partial charge in [-0.2, -0.15) is 0 Å². The van der Waals surface area contributed by atoms with Crippen LogP contribution in [0.25, 0.3) is 22.6 Å². The molecule has 8 heteroatoms. The third-order valence-corrected chi connectivity index (χ3v) is 5.83. The Labute approximate surface area is 185 Å². The SMILES string of the molecule is CNC(=O)[C@H]1CC[C@H](Nc2ncc(Cl)c(-c3cccc(-c4ccc(F)cc4)n3)n2)CC1. The number of benzene rings is 1. The first kappa shape index (κ1) is 21.2. The molecule has 2 N–H and O–H groups in total. The van der Waals surface area contributed by atoms with Crippen molar-refractivity contribution in [2.45, 2.75) is 31.7 Å². The lowest BCUT2D eigenvalue weighted by Crippen LogP contribution is -2.34. The molecule has 1 aliphatic carbocycles. The minimum atomic E-state index is -0.293. The number of pyridine rings is 1. The van der Waals surface area contributed by atoms with Crippen molar-refractivity contribution in [1.82, 2.24) is 20.3 Å². The van der Waals surface area contributed by atoms with Crippen molar-refractivity contribution in [3.8, 4) is 22.6 Å². The van der Waals surface area contributed by atoms with Crippen molar-refractivity contribution in [3.05, 3.63) is 59.5 Å². The molecule has 4 rings (SSSR count). The van der Waals surface area contributed by atoms with Crippen LogP contribution in [0.5, 0.6) is 0 Å². The van der Waals surface area contributed by atoms with Gasteiger partial charge in [0.25, 0.3) is 0 Å². The Hall–Kier alpha value is -3.06. The number of anilines is 1. The van der Waals surface area contributed by atoms with E-state index in [-0.39, 0.29) is 23.7 Å². The molecule has 1 amide bonds. The highest BCUT2D eigenvalue weighted by Gasteiger charge is 2.26. The van der Waals surface area contributed by atoms with Crippen LogP contribution in [-0.2, 0) is 4.79 Å². The maximum absolute atomic E-state index is 13.2. The predicted octanol–water partition coefficient (Wildman–Crippen LogP) is 4.71. The van der Waals surface area contributed by atoms with Crippen molar-refractivity contribution in [2.24, 2.45) is 5.92 Å². The molecule has 2 aromatic heterocycles. The molecule has 0 spiro atoms. The van der Waals surface area contributed by atoms with E-state index in [1.807, 2.05) is 18.2 Å². The van der Waals surface area contributed by atoms with Gasteiger partial charge in [0.1, 0.15) is 11.5 Å². The highest BCUT2D eigenvalue weighted by molar-refractivity contribution is 6.32. The fraction of sp³-hybridized carbons (Fsp3) is 0.304. The first-order valence-electron chi connectivity index (χ1n) is 10.3. The molecule has 1 fully saturated rings. The van der Waals surface area contributed by atoms with Gasteiger partial charge in [0.15, 0.2) is 0 Å².